The van der Waals surface area contributed by atoms with Gasteiger partial charge in [0.05, 0.1) is 10.8 Å². The Bertz CT molecular complexity index is 1690. The van der Waals surface area contributed by atoms with Crippen molar-refractivity contribution in [2.45, 2.75) is 55.4 Å². The molecule has 3 N–H and O–H groups in total. The number of thiophene rings is 1. The molecule has 1 aromatic heterocycles. The summed E-state index contributed by atoms with van der Waals surface area (Å²) < 4.78 is 173. The summed E-state index contributed by atoms with van der Waals surface area (Å²) in [5.74, 6) is -0.757. The fourth-order valence-corrected chi connectivity index (χ4v) is 6.48. The second-order valence-corrected chi connectivity index (χ2v) is 13.3. The molecule has 0 saturated heterocycles. The third kappa shape index (κ3) is 7.58. The van der Waals surface area contributed by atoms with Gasteiger partial charge in [0.1, 0.15) is 37.1 Å². The van der Waals surface area contributed by atoms with Crippen molar-refractivity contribution in [1.29, 1.82) is 0 Å². The summed E-state index contributed by atoms with van der Waals surface area (Å²) in [6, 6.07) is 12.7. The van der Waals surface area contributed by atoms with E-state index >= 15 is 0 Å². The van der Waals surface area contributed by atoms with E-state index in [-0.39, 0.29) is 11.5 Å². The quantitative estimate of drug-likeness (QED) is 0.112. The summed E-state index contributed by atoms with van der Waals surface area (Å²) in [5.41, 5.74) is -11.6. The van der Waals surface area contributed by atoms with Crippen LogP contribution in [0.5, 0.6) is 17.2 Å². The molecule has 19 heteroatoms. The van der Waals surface area contributed by atoms with E-state index in [9.17, 15) is 68.0 Å². The lowest BCUT2D eigenvalue weighted by Crippen LogP contribution is -2.60. The minimum atomic E-state index is -6.11. The Morgan fingerprint density at radius 3 is 1.18 bits per heavy atom. The van der Waals surface area contributed by atoms with Crippen molar-refractivity contribution in [3.05, 3.63) is 60.7 Å². The number of benzene rings is 3. The Balaban J connectivity index is 1.75. The first-order chi connectivity index (χ1) is 22.2. The maximum Gasteiger partial charge on any atom is 0.429 e. The normalized spacial score (nSPS) is 16.4. The number of ether oxygens (including phenoxy) is 3. The van der Waals surface area contributed by atoms with Gasteiger partial charge in [-0.25, -0.2) is 0 Å². The highest BCUT2D eigenvalue weighted by Gasteiger charge is 2.71. The van der Waals surface area contributed by atoms with E-state index < -0.39 is 77.5 Å². The van der Waals surface area contributed by atoms with Gasteiger partial charge in [-0.1, -0.05) is 0 Å². The summed E-state index contributed by atoms with van der Waals surface area (Å²) in [7, 11) is -1.12. The Hall–Kier alpha value is -3.68. The molecule has 4 rings (SSSR count). The number of rotatable bonds is 10. The van der Waals surface area contributed by atoms with Gasteiger partial charge in [-0.05, 0) is 50.2 Å². The van der Waals surface area contributed by atoms with Crippen molar-refractivity contribution in [3.8, 4) is 22.1 Å². The minimum Gasteiger partial charge on any atom is -0.490 e. The number of hydrogen-bond donors (Lipinski definition) is 3. The molecule has 0 aliphatic carbocycles. The minimum absolute atomic E-state index is 0.142. The average Bonchev–Trinajstić information content (AvgIpc) is 3.28. The predicted octanol–water partition coefficient (Wildman–Crippen LogP) is 8.35. The van der Waals surface area contributed by atoms with Crippen LogP contribution in [0.2, 0.25) is 0 Å². The van der Waals surface area contributed by atoms with Crippen molar-refractivity contribution < 1.29 is 82.2 Å². The molecule has 0 aliphatic heterocycles. The molecule has 6 nitrogen and oxygen atoms in total. The first-order valence-electron chi connectivity index (χ1n) is 13.6. The van der Waals surface area contributed by atoms with Crippen molar-refractivity contribution in [2.24, 2.45) is 0 Å². The Kier molecular flexibility index (Phi) is 9.79. The zero-order valence-electron chi connectivity index (χ0n) is 24.9. The van der Waals surface area contributed by atoms with Crippen LogP contribution in [0.4, 0.5) is 52.7 Å². The van der Waals surface area contributed by atoms with Crippen LogP contribution in [0.3, 0.4) is 0 Å². The highest BCUT2D eigenvalue weighted by atomic mass is 32.2. The maximum absolute atomic E-state index is 13.2. The molecule has 270 valence electrons. The Morgan fingerprint density at radius 1 is 0.490 bits per heavy atom. The van der Waals surface area contributed by atoms with Crippen molar-refractivity contribution in [2.75, 3.05) is 19.8 Å². The average molecular weight is 742 g/mol. The lowest BCUT2D eigenvalue weighted by molar-refractivity contribution is -0.373. The molecule has 0 amide bonds. The van der Waals surface area contributed by atoms with Crippen molar-refractivity contribution in [3.63, 3.8) is 0 Å². The highest BCUT2D eigenvalue weighted by molar-refractivity contribution is 7.50. The third-order valence-corrected chi connectivity index (χ3v) is 9.67. The molecule has 1 heterocycles. The van der Waals surface area contributed by atoms with Crippen LogP contribution >= 0.6 is 10.5 Å². The predicted molar refractivity (Wildman–Crippen MR) is 152 cm³/mol. The van der Waals surface area contributed by atoms with Crippen LogP contribution in [0.25, 0.3) is 25.1 Å². The second-order valence-electron chi connectivity index (χ2n) is 11.4. The van der Waals surface area contributed by atoms with Crippen LogP contribution in [0.15, 0.2) is 60.7 Å². The van der Waals surface area contributed by atoms with E-state index in [4.69, 9.17) is 9.47 Å². The van der Waals surface area contributed by atoms with E-state index in [1.54, 1.807) is 0 Å². The smallest absolute Gasteiger partial charge is 0.429 e. The van der Waals surface area contributed by atoms with Crippen LogP contribution in [-0.4, -0.2) is 76.6 Å². The zero-order chi connectivity index (χ0) is 37.0. The summed E-state index contributed by atoms with van der Waals surface area (Å²) in [6.45, 7) is -3.63. The highest BCUT2D eigenvalue weighted by Crippen LogP contribution is 2.51. The van der Waals surface area contributed by atoms with Crippen LogP contribution in [-0.2, 0) is 0 Å². The number of alkyl halides is 12. The molecule has 0 fully saturated rings. The van der Waals surface area contributed by atoms with Gasteiger partial charge >= 0.3 is 24.7 Å². The van der Waals surface area contributed by atoms with Gasteiger partial charge < -0.3 is 29.5 Å². The van der Waals surface area contributed by atoms with E-state index in [1.165, 1.54) is 48.5 Å². The number of halogens is 12. The van der Waals surface area contributed by atoms with Gasteiger partial charge in [0.2, 0.25) is 0 Å². The first-order valence-corrected chi connectivity index (χ1v) is 14.9. The molecule has 0 bridgehead atoms. The molecule has 49 heavy (non-hydrogen) atoms. The van der Waals surface area contributed by atoms with E-state index in [1.807, 2.05) is 0 Å². The van der Waals surface area contributed by atoms with Crippen molar-refractivity contribution >= 4 is 30.6 Å². The van der Waals surface area contributed by atoms with Crippen LogP contribution in [0, 0.1) is 0 Å². The third-order valence-electron chi connectivity index (χ3n) is 7.34. The van der Waals surface area contributed by atoms with Gasteiger partial charge in [-0.2, -0.15) is 52.7 Å². The number of fused-ring (bicyclic) bond motifs is 3. The first kappa shape index (κ1) is 38.1. The van der Waals surface area contributed by atoms with E-state index in [0.717, 1.165) is 12.1 Å². The molecule has 3 aromatic carbocycles. The summed E-state index contributed by atoms with van der Waals surface area (Å²) in [6.07, 6.45) is -22.3. The number of hydrogen-bond acceptors (Lipinski definition) is 6. The van der Waals surface area contributed by atoms with Gasteiger partial charge in [0.15, 0.2) is 25.5 Å². The monoisotopic (exact) mass is 741 g/mol. The Morgan fingerprint density at radius 2 is 0.837 bits per heavy atom. The van der Waals surface area contributed by atoms with Gasteiger partial charge in [-0.15, -0.1) is 0 Å². The fourth-order valence-electron chi connectivity index (χ4n) is 4.14. The van der Waals surface area contributed by atoms with Crippen molar-refractivity contribution in [1.82, 2.24) is 0 Å². The summed E-state index contributed by atoms with van der Waals surface area (Å²) in [5, 5.41) is 29.5. The molecule has 0 radical (unpaired) electrons. The largest absolute Gasteiger partial charge is 0.490 e. The summed E-state index contributed by atoms with van der Waals surface area (Å²) >= 11 is 0. The van der Waals surface area contributed by atoms with Crippen LogP contribution in [0.1, 0.15) is 13.8 Å². The van der Waals surface area contributed by atoms with E-state index in [2.05, 4.69) is 4.74 Å². The second kappa shape index (κ2) is 12.6. The SMILES string of the molecule is CC(O)(COc1ccc2c(c1)c1cc(OCC(C)(O)C(F)(F)F)ccc1[s+]2-c1ccc(OCC(O)(C(F)(F)F)C(F)(F)F)cc1)C(F)(F)F. The molecule has 0 saturated carbocycles. The zero-order valence-corrected chi connectivity index (χ0v) is 25.7. The molecular weight excluding hydrogens is 716 g/mol. The number of aliphatic hydroxyl groups is 3. The molecule has 0 aliphatic rings. The van der Waals surface area contributed by atoms with Crippen LogP contribution < -0.4 is 14.2 Å². The summed E-state index contributed by atoms with van der Waals surface area (Å²) in [4.78, 5) is 0.400. The van der Waals surface area contributed by atoms with Gasteiger partial charge in [0, 0.05) is 34.7 Å². The molecule has 0 spiro atoms. The van der Waals surface area contributed by atoms with Gasteiger partial charge in [-0.3, -0.25) is 0 Å². The standard InChI is InChI=1S/C30H25F12O6S/c1-24(43,27(31,32)33)13-46-17-5-9-22-20(11-17)21-12-18(47-14-25(2,44)28(34,35)36)6-10-23(21)49(22)19-7-3-16(4-8-19)48-15-26(45,29(37,38)39)30(40,41)42/h3-12,43-45H,13-15H2,1-2H3/q+1. The lowest BCUT2D eigenvalue weighted by atomic mass is 10.0. The van der Waals surface area contributed by atoms with E-state index in [0.29, 0.717) is 38.9 Å². The van der Waals surface area contributed by atoms with Gasteiger partial charge in [0.25, 0.3) is 5.60 Å². The fraction of sp³-hybridized carbons (Fsp3) is 0.400. The topological polar surface area (TPSA) is 88.4 Å². The molecule has 4 aromatic rings. The Labute approximate surface area is 271 Å². The molecular formula is C30H25F12O6S+. The molecule has 2 unspecified atom stereocenters. The lowest BCUT2D eigenvalue weighted by Gasteiger charge is -2.31. The molecule has 2 atom stereocenters. The maximum atomic E-state index is 13.2.